The first-order chi connectivity index (χ1) is 14.8. The van der Waals surface area contributed by atoms with E-state index in [-0.39, 0.29) is 0 Å². The van der Waals surface area contributed by atoms with Gasteiger partial charge >= 0.3 is 0 Å². The molecule has 0 atom stereocenters. The molecule has 0 heterocycles. The van der Waals surface area contributed by atoms with E-state index >= 15 is 0 Å². The molecular formula is C29H44O. The first kappa shape index (κ1) is 23.3. The van der Waals surface area contributed by atoms with Crippen LogP contribution in [0.3, 0.4) is 0 Å². The number of allylic oxidation sites excluding steroid dienone is 2. The number of hydrogen-bond donors (Lipinski definition) is 0. The molecule has 0 saturated heterocycles. The highest BCUT2D eigenvalue weighted by Crippen LogP contribution is 2.44. The van der Waals surface area contributed by atoms with Crippen molar-refractivity contribution in [3.05, 3.63) is 60.7 Å². The zero-order valence-electron chi connectivity index (χ0n) is 19.2. The largest absolute Gasteiger partial charge is 0.377 e. The SMILES string of the molecule is C=CCCCOCc1ccc(C2CCC([C@H]3CC[C@H](CCCC=C)CC3)CC2)cc1. The molecule has 2 fully saturated rings. The first-order valence-corrected chi connectivity index (χ1v) is 12.7. The van der Waals surface area contributed by atoms with Crippen LogP contribution in [0.1, 0.15) is 101 Å². The van der Waals surface area contributed by atoms with Gasteiger partial charge in [-0.3, -0.25) is 0 Å². The fraction of sp³-hybridized carbons (Fsp3) is 0.655. The van der Waals surface area contributed by atoms with E-state index in [1.165, 1.54) is 76.2 Å². The normalized spacial score (nSPS) is 26.9. The second kappa shape index (κ2) is 13.2. The molecule has 0 aliphatic heterocycles. The average Bonchev–Trinajstić information content (AvgIpc) is 2.80. The van der Waals surface area contributed by atoms with Gasteiger partial charge in [-0.25, -0.2) is 0 Å². The maximum absolute atomic E-state index is 5.77. The monoisotopic (exact) mass is 408 g/mol. The number of ether oxygens (including phenoxy) is 1. The topological polar surface area (TPSA) is 9.23 Å². The van der Waals surface area contributed by atoms with Gasteiger partial charge < -0.3 is 4.74 Å². The number of benzene rings is 1. The van der Waals surface area contributed by atoms with Crippen LogP contribution in [0.15, 0.2) is 49.6 Å². The molecule has 166 valence electrons. The lowest BCUT2D eigenvalue weighted by atomic mass is 9.68. The van der Waals surface area contributed by atoms with Crippen molar-refractivity contribution in [1.29, 1.82) is 0 Å². The summed E-state index contributed by atoms with van der Waals surface area (Å²) in [4.78, 5) is 0. The molecule has 1 nitrogen and oxygen atoms in total. The van der Waals surface area contributed by atoms with E-state index in [0.29, 0.717) is 0 Å². The van der Waals surface area contributed by atoms with Crippen molar-refractivity contribution < 1.29 is 4.74 Å². The third kappa shape index (κ3) is 7.41. The Morgan fingerprint density at radius 3 is 2.00 bits per heavy atom. The average molecular weight is 409 g/mol. The van der Waals surface area contributed by atoms with E-state index in [1.807, 2.05) is 6.08 Å². The lowest BCUT2D eigenvalue weighted by Gasteiger charge is -2.38. The van der Waals surface area contributed by atoms with Gasteiger partial charge in [0.25, 0.3) is 0 Å². The van der Waals surface area contributed by atoms with Crippen LogP contribution in [0.25, 0.3) is 0 Å². The van der Waals surface area contributed by atoms with E-state index in [2.05, 4.69) is 43.5 Å². The molecule has 0 radical (unpaired) electrons. The summed E-state index contributed by atoms with van der Waals surface area (Å²) in [5, 5.41) is 0. The molecular weight excluding hydrogens is 364 g/mol. The highest BCUT2D eigenvalue weighted by atomic mass is 16.5. The fourth-order valence-electron chi connectivity index (χ4n) is 5.83. The summed E-state index contributed by atoms with van der Waals surface area (Å²) in [6.07, 6.45) is 21.8. The van der Waals surface area contributed by atoms with Crippen LogP contribution in [-0.4, -0.2) is 6.61 Å². The Morgan fingerprint density at radius 1 is 0.767 bits per heavy atom. The molecule has 2 saturated carbocycles. The molecule has 1 aromatic carbocycles. The second-order valence-corrected chi connectivity index (χ2v) is 9.84. The Kier molecular flexibility index (Phi) is 10.2. The first-order valence-electron chi connectivity index (χ1n) is 12.7. The van der Waals surface area contributed by atoms with Gasteiger partial charge in [-0.05, 0) is 99.0 Å². The van der Waals surface area contributed by atoms with Crippen LogP contribution in [0.2, 0.25) is 0 Å². The minimum Gasteiger partial charge on any atom is -0.377 e. The van der Waals surface area contributed by atoms with Crippen LogP contribution < -0.4 is 0 Å². The molecule has 0 amide bonds. The minimum absolute atomic E-state index is 0.737. The zero-order chi connectivity index (χ0) is 21.0. The van der Waals surface area contributed by atoms with Gasteiger partial charge in [0.15, 0.2) is 0 Å². The van der Waals surface area contributed by atoms with Crippen molar-refractivity contribution in [2.75, 3.05) is 6.61 Å². The van der Waals surface area contributed by atoms with Gasteiger partial charge in [-0.1, -0.05) is 55.7 Å². The summed E-state index contributed by atoms with van der Waals surface area (Å²) in [6, 6.07) is 9.29. The van der Waals surface area contributed by atoms with E-state index in [9.17, 15) is 0 Å². The van der Waals surface area contributed by atoms with Crippen molar-refractivity contribution in [1.82, 2.24) is 0 Å². The van der Waals surface area contributed by atoms with E-state index in [4.69, 9.17) is 4.74 Å². The van der Waals surface area contributed by atoms with Crippen LogP contribution in [0.4, 0.5) is 0 Å². The summed E-state index contributed by atoms with van der Waals surface area (Å²) in [5.41, 5.74) is 2.85. The van der Waals surface area contributed by atoms with Gasteiger partial charge in [-0.2, -0.15) is 0 Å². The Balaban J connectivity index is 1.35. The molecule has 0 aromatic heterocycles. The summed E-state index contributed by atoms with van der Waals surface area (Å²) in [5.74, 6) is 3.79. The van der Waals surface area contributed by atoms with E-state index < -0.39 is 0 Å². The predicted octanol–water partition coefficient (Wildman–Crippen LogP) is 8.61. The molecule has 0 unspecified atom stereocenters. The molecule has 3 rings (SSSR count). The Labute approximate surface area is 186 Å². The highest BCUT2D eigenvalue weighted by Gasteiger charge is 2.31. The molecule has 1 aromatic rings. The maximum atomic E-state index is 5.77. The molecule has 0 spiro atoms. The van der Waals surface area contributed by atoms with Gasteiger partial charge in [0.1, 0.15) is 0 Å². The summed E-state index contributed by atoms with van der Waals surface area (Å²) in [7, 11) is 0. The minimum atomic E-state index is 0.737. The molecule has 2 aliphatic rings. The lowest BCUT2D eigenvalue weighted by Crippen LogP contribution is -2.25. The number of unbranched alkanes of at least 4 members (excludes halogenated alkanes) is 2. The third-order valence-corrected chi connectivity index (χ3v) is 7.77. The summed E-state index contributed by atoms with van der Waals surface area (Å²) in [6.45, 7) is 9.18. The molecule has 2 aliphatic carbocycles. The fourth-order valence-corrected chi connectivity index (χ4v) is 5.83. The standard InChI is InChI=1S/C29H44O/c1-3-5-7-9-24-10-14-26(15-11-24)28-18-20-29(21-19-28)27-16-12-25(13-17-27)23-30-22-8-6-4-2/h3-4,12-13,16-17,24,26,28-29H,1-2,5-11,14-15,18-23H2/t24-,26-,28?,29?. The molecule has 1 heteroatoms. The highest BCUT2D eigenvalue weighted by molar-refractivity contribution is 5.25. The van der Waals surface area contributed by atoms with Gasteiger partial charge in [-0.15, -0.1) is 13.2 Å². The van der Waals surface area contributed by atoms with Crippen molar-refractivity contribution in [3.63, 3.8) is 0 Å². The lowest BCUT2D eigenvalue weighted by molar-refractivity contribution is 0.119. The Morgan fingerprint density at radius 2 is 1.37 bits per heavy atom. The van der Waals surface area contributed by atoms with E-state index in [1.54, 1.807) is 5.56 Å². The molecule has 0 bridgehead atoms. The van der Waals surface area contributed by atoms with Crippen molar-refractivity contribution >= 4 is 0 Å². The number of rotatable bonds is 12. The summed E-state index contributed by atoms with van der Waals surface area (Å²) >= 11 is 0. The van der Waals surface area contributed by atoms with Crippen LogP contribution >= 0.6 is 0 Å². The van der Waals surface area contributed by atoms with Crippen molar-refractivity contribution in [2.45, 2.75) is 96.0 Å². The van der Waals surface area contributed by atoms with E-state index in [0.717, 1.165) is 49.7 Å². The van der Waals surface area contributed by atoms with Gasteiger partial charge in [0, 0.05) is 6.61 Å². The summed E-state index contributed by atoms with van der Waals surface area (Å²) < 4.78 is 5.77. The maximum Gasteiger partial charge on any atom is 0.0716 e. The second-order valence-electron chi connectivity index (χ2n) is 9.84. The van der Waals surface area contributed by atoms with Crippen molar-refractivity contribution in [3.8, 4) is 0 Å². The zero-order valence-corrected chi connectivity index (χ0v) is 19.2. The quantitative estimate of drug-likeness (QED) is 0.248. The van der Waals surface area contributed by atoms with Crippen LogP contribution in [0.5, 0.6) is 0 Å². The van der Waals surface area contributed by atoms with Crippen molar-refractivity contribution in [2.24, 2.45) is 17.8 Å². The molecule has 0 N–H and O–H groups in total. The van der Waals surface area contributed by atoms with Gasteiger partial charge in [0.05, 0.1) is 6.61 Å². The van der Waals surface area contributed by atoms with Crippen LogP contribution in [0, 0.1) is 17.8 Å². The number of hydrogen-bond acceptors (Lipinski definition) is 1. The molecule has 30 heavy (non-hydrogen) atoms. The van der Waals surface area contributed by atoms with Crippen LogP contribution in [-0.2, 0) is 11.3 Å². The predicted molar refractivity (Wildman–Crippen MR) is 130 cm³/mol. The smallest absolute Gasteiger partial charge is 0.0716 e. The van der Waals surface area contributed by atoms with Gasteiger partial charge in [0.2, 0.25) is 0 Å². The third-order valence-electron chi connectivity index (χ3n) is 7.77. The Hall–Kier alpha value is -1.34. The Bertz CT molecular complexity index is 600.